The highest BCUT2D eigenvalue weighted by atomic mass is 16.5. The fourth-order valence-corrected chi connectivity index (χ4v) is 4.14. The zero-order valence-electron chi connectivity index (χ0n) is 20.9. The van der Waals surface area contributed by atoms with Crippen molar-refractivity contribution in [3.63, 3.8) is 0 Å². The molecular formula is C29H24N6O3. The van der Waals surface area contributed by atoms with E-state index in [1.54, 1.807) is 19.4 Å². The number of hydrogen-bond acceptors (Lipinski definition) is 7. The number of benzene rings is 2. The molecule has 2 N–H and O–H groups in total. The number of fused-ring (bicyclic) bond motifs is 2. The van der Waals surface area contributed by atoms with Gasteiger partial charge in [0.2, 0.25) is 0 Å². The van der Waals surface area contributed by atoms with E-state index in [4.69, 9.17) is 9.47 Å². The molecule has 0 spiro atoms. The van der Waals surface area contributed by atoms with E-state index in [9.17, 15) is 4.79 Å². The second-order valence-electron chi connectivity index (χ2n) is 9.02. The van der Waals surface area contributed by atoms with Gasteiger partial charge in [-0.1, -0.05) is 5.92 Å². The van der Waals surface area contributed by atoms with Crippen LogP contribution in [0.2, 0.25) is 0 Å². The van der Waals surface area contributed by atoms with Crippen molar-refractivity contribution in [1.82, 2.24) is 19.4 Å². The Morgan fingerprint density at radius 3 is 2.79 bits per heavy atom. The SMILES string of the molecule is COc1c(NC(=O)C#CC2CC2)ccc2ncnc(Nc3ccc(Oc4ccn5ccnc5c4)c(C)c3)c12. The van der Waals surface area contributed by atoms with Crippen LogP contribution < -0.4 is 20.1 Å². The molecule has 0 radical (unpaired) electrons. The second-order valence-corrected chi connectivity index (χ2v) is 9.02. The molecular weight excluding hydrogens is 480 g/mol. The smallest absolute Gasteiger partial charge is 0.300 e. The Hall–Kier alpha value is -5.10. The lowest BCUT2D eigenvalue weighted by atomic mass is 10.1. The maximum absolute atomic E-state index is 12.4. The number of imidazole rings is 1. The number of pyridine rings is 1. The molecule has 1 aliphatic rings. The molecule has 9 heteroatoms. The standard InChI is InChI=1S/C29H24N6O3/c1-18-15-20(6-9-24(18)38-21-11-13-35-14-12-30-25(35)16-21)33-29-27-22(31-17-32-29)7-8-23(28(27)37-2)34-26(36)10-5-19-3-4-19/h6-9,11-17,19H,3-4H2,1-2H3,(H,34,36)(H,31,32,33). The van der Waals surface area contributed by atoms with Crippen molar-refractivity contribution in [3.05, 3.63) is 72.9 Å². The van der Waals surface area contributed by atoms with Crippen LogP contribution in [-0.4, -0.2) is 32.4 Å². The second kappa shape index (κ2) is 9.75. The third-order valence-corrected chi connectivity index (χ3v) is 6.21. The summed E-state index contributed by atoms with van der Waals surface area (Å²) >= 11 is 0. The van der Waals surface area contributed by atoms with Crippen LogP contribution in [-0.2, 0) is 4.79 Å². The maximum atomic E-state index is 12.4. The Bertz CT molecular complexity index is 1750. The first kappa shape index (κ1) is 23.3. The fraction of sp³-hybridized carbons (Fsp3) is 0.172. The van der Waals surface area contributed by atoms with Crippen molar-refractivity contribution >= 4 is 39.6 Å². The highest BCUT2D eigenvalue weighted by molar-refractivity contribution is 6.08. The van der Waals surface area contributed by atoms with Crippen molar-refractivity contribution in [3.8, 4) is 29.1 Å². The number of aromatic nitrogens is 4. The van der Waals surface area contributed by atoms with Crippen LogP contribution in [0.4, 0.5) is 17.2 Å². The quantitative estimate of drug-likeness (QED) is 0.295. The number of hydrogen-bond donors (Lipinski definition) is 2. The highest BCUT2D eigenvalue weighted by Crippen LogP contribution is 2.38. The Labute approximate surface area is 218 Å². The number of amides is 1. The van der Waals surface area contributed by atoms with Crippen LogP contribution in [0.1, 0.15) is 18.4 Å². The predicted octanol–water partition coefficient (Wildman–Crippen LogP) is 5.48. The summed E-state index contributed by atoms with van der Waals surface area (Å²) in [6.45, 7) is 1.98. The van der Waals surface area contributed by atoms with Gasteiger partial charge in [-0.05, 0) is 67.6 Å². The Kier molecular flexibility index (Phi) is 5.98. The van der Waals surface area contributed by atoms with Crippen molar-refractivity contribution in [2.45, 2.75) is 19.8 Å². The van der Waals surface area contributed by atoms with E-state index in [1.807, 2.05) is 60.1 Å². The van der Waals surface area contributed by atoms with Gasteiger partial charge in [0.05, 0.1) is 23.7 Å². The summed E-state index contributed by atoms with van der Waals surface area (Å²) in [4.78, 5) is 25.5. The molecule has 3 heterocycles. The summed E-state index contributed by atoms with van der Waals surface area (Å²) in [6, 6.07) is 13.1. The molecule has 9 nitrogen and oxygen atoms in total. The summed E-state index contributed by atoms with van der Waals surface area (Å²) in [7, 11) is 1.55. The van der Waals surface area contributed by atoms with Crippen LogP contribution in [0.15, 0.2) is 67.4 Å². The zero-order chi connectivity index (χ0) is 26.1. The Morgan fingerprint density at radius 2 is 1.97 bits per heavy atom. The van der Waals surface area contributed by atoms with Gasteiger partial charge in [-0.2, -0.15) is 0 Å². The lowest BCUT2D eigenvalue weighted by molar-refractivity contribution is -0.111. The molecule has 2 aromatic carbocycles. The van der Waals surface area contributed by atoms with E-state index in [0.29, 0.717) is 39.8 Å². The maximum Gasteiger partial charge on any atom is 0.300 e. The minimum atomic E-state index is -0.376. The van der Waals surface area contributed by atoms with Gasteiger partial charge in [0.15, 0.2) is 5.75 Å². The summed E-state index contributed by atoms with van der Waals surface area (Å²) in [6.07, 6.45) is 9.14. The molecule has 5 aromatic rings. The lowest BCUT2D eigenvalue weighted by Crippen LogP contribution is -2.10. The molecule has 1 fully saturated rings. The number of carbonyl (C=O) groups is 1. The van der Waals surface area contributed by atoms with Crippen molar-refractivity contribution in [2.75, 3.05) is 17.7 Å². The van der Waals surface area contributed by atoms with Crippen molar-refractivity contribution < 1.29 is 14.3 Å². The third-order valence-electron chi connectivity index (χ3n) is 6.21. The van der Waals surface area contributed by atoms with Crippen LogP contribution >= 0.6 is 0 Å². The summed E-state index contributed by atoms with van der Waals surface area (Å²) in [5.74, 6) is 8.04. The Morgan fingerprint density at radius 1 is 1.08 bits per heavy atom. The minimum Gasteiger partial charge on any atom is -0.494 e. The molecule has 0 unspecified atom stereocenters. The van der Waals surface area contributed by atoms with E-state index in [0.717, 1.165) is 35.5 Å². The van der Waals surface area contributed by atoms with E-state index < -0.39 is 0 Å². The molecule has 0 bridgehead atoms. The van der Waals surface area contributed by atoms with E-state index in [1.165, 1.54) is 6.33 Å². The number of rotatable bonds is 6. The topological polar surface area (TPSA) is 103 Å². The molecule has 0 saturated heterocycles. The highest BCUT2D eigenvalue weighted by Gasteiger charge is 2.19. The van der Waals surface area contributed by atoms with Crippen LogP contribution in [0, 0.1) is 24.7 Å². The number of methoxy groups -OCH3 is 1. The Balaban J connectivity index is 1.27. The first-order valence-corrected chi connectivity index (χ1v) is 12.2. The van der Waals surface area contributed by atoms with Gasteiger partial charge in [-0.3, -0.25) is 4.79 Å². The van der Waals surface area contributed by atoms with Gasteiger partial charge in [0.25, 0.3) is 5.91 Å². The monoisotopic (exact) mass is 504 g/mol. The van der Waals surface area contributed by atoms with E-state index in [2.05, 4.69) is 37.4 Å². The van der Waals surface area contributed by atoms with Gasteiger partial charge < -0.3 is 24.5 Å². The van der Waals surface area contributed by atoms with Crippen molar-refractivity contribution in [1.29, 1.82) is 0 Å². The summed E-state index contributed by atoms with van der Waals surface area (Å²) in [5, 5.41) is 6.84. The molecule has 38 heavy (non-hydrogen) atoms. The van der Waals surface area contributed by atoms with Crippen LogP contribution in [0.5, 0.6) is 17.2 Å². The average molecular weight is 505 g/mol. The van der Waals surface area contributed by atoms with Crippen molar-refractivity contribution in [2.24, 2.45) is 5.92 Å². The fourth-order valence-electron chi connectivity index (χ4n) is 4.14. The molecule has 188 valence electrons. The molecule has 3 aromatic heterocycles. The van der Waals surface area contributed by atoms with E-state index >= 15 is 0 Å². The number of ether oxygens (including phenoxy) is 2. The first-order chi connectivity index (χ1) is 18.6. The van der Waals surface area contributed by atoms with Crippen LogP contribution in [0.3, 0.4) is 0 Å². The summed E-state index contributed by atoms with van der Waals surface area (Å²) < 4.78 is 13.7. The largest absolute Gasteiger partial charge is 0.494 e. The first-order valence-electron chi connectivity index (χ1n) is 12.2. The number of nitrogens with one attached hydrogen (secondary N) is 2. The minimum absolute atomic E-state index is 0.337. The number of aryl methyl sites for hydroxylation is 1. The predicted molar refractivity (Wildman–Crippen MR) is 145 cm³/mol. The lowest BCUT2D eigenvalue weighted by Gasteiger charge is -2.15. The molecule has 0 aliphatic heterocycles. The van der Waals surface area contributed by atoms with Gasteiger partial charge in [0, 0.05) is 36.3 Å². The van der Waals surface area contributed by atoms with E-state index in [-0.39, 0.29) is 5.91 Å². The molecule has 1 saturated carbocycles. The molecule has 6 rings (SSSR count). The third kappa shape index (κ3) is 4.80. The normalized spacial score (nSPS) is 12.6. The number of carbonyl (C=O) groups excluding carboxylic acids is 1. The van der Waals surface area contributed by atoms with Gasteiger partial charge in [0.1, 0.15) is 29.3 Å². The number of nitrogens with zero attached hydrogens (tertiary/aromatic N) is 4. The molecule has 0 atom stereocenters. The summed E-state index contributed by atoms with van der Waals surface area (Å²) in [5.41, 5.74) is 3.74. The number of anilines is 3. The van der Waals surface area contributed by atoms with Gasteiger partial charge in [-0.25, -0.2) is 15.0 Å². The molecule has 1 aliphatic carbocycles. The molecule has 1 amide bonds. The van der Waals surface area contributed by atoms with Gasteiger partial charge in [-0.15, -0.1) is 0 Å². The average Bonchev–Trinajstić information content (AvgIpc) is 3.64. The van der Waals surface area contributed by atoms with Crippen LogP contribution in [0.25, 0.3) is 16.6 Å². The van der Waals surface area contributed by atoms with Gasteiger partial charge >= 0.3 is 0 Å². The zero-order valence-corrected chi connectivity index (χ0v) is 20.9.